The van der Waals surface area contributed by atoms with Crippen molar-refractivity contribution in [1.82, 2.24) is 24.6 Å². The molecular weight excluding hydrogens is 448 g/mol. The zero-order valence-electron chi connectivity index (χ0n) is 19.6. The predicted octanol–water partition coefficient (Wildman–Crippen LogP) is 2.14. The van der Waals surface area contributed by atoms with Crippen LogP contribution in [0.5, 0.6) is 11.5 Å². The van der Waals surface area contributed by atoms with E-state index in [2.05, 4.69) is 20.7 Å². The molecule has 0 saturated carbocycles. The average Bonchev–Trinajstić information content (AvgIpc) is 3.48. The first-order valence-corrected chi connectivity index (χ1v) is 11.3. The molecule has 1 amide bonds. The Hall–Kier alpha value is -4.34. The van der Waals surface area contributed by atoms with E-state index in [9.17, 15) is 9.59 Å². The van der Waals surface area contributed by atoms with Crippen LogP contribution in [0.15, 0.2) is 53.6 Å². The Bertz CT molecular complexity index is 1460. The van der Waals surface area contributed by atoms with Crippen molar-refractivity contribution in [3.05, 3.63) is 76.0 Å². The number of hydrogen-bond acceptors (Lipinski definition) is 7. The van der Waals surface area contributed by atoms with Gasteiger partial charge in [-0.05, 0) is 42.7 Å². The van der Waals surface area contributed by atoms with Crippen molar-refractivity contribution in [2.45, 2.75) is 26.4 Å². The lowest BCUT2D eigenvalue weighted by atomic mass is 10.1. The van der Waals surface area contributed by atoms with Crippen LogP contribution in [-0.4, -0.2) is 38.6 Å². The van der Waals surface area contributed by atoms with Gasteiger partial charge < -0.3 is 20.1 Å². The summed E-state index contributed by atoms with van der Waals surface area (Å²) in [6, 6.07) is 11.7. The molecule has 3 heterocycles. The van der Waals surface area contributed by atoms with Crippen LogP contribution in [0.2, 0.25) is 0 Å². The standard InChI is InChI=1S/C25H26N6O4/c1-16-11-28-24(26-8-7-17-4-6-21-22(10-17)35-15-34-21)25(33)31(16)14-23(32)27-12-18-3-5-19-13-29-30(2)20(19)9-18/h3-6,9-11,13H,7-8,12,14-15H2,1-2H3,(H,26,28)(H,27,32). The monoisotopic (exact) mass is 474 g/mol. The van der Waals surface area contributed by atoms with Gasteiger partial charge in [0.2, 0.25) is 12.7 Å². The fourth-order valence-corrected chi connectivity index (χ4v) is 4.01. The fraction of sp³-hybridized carbons (Fsp3) is 0.280. The van der Waals surface area contributed by atoms with Gasteiger partial charge in [0.1, 0.15) is 6.54 Å². The minimum absolute atomic E-state index is 0.0853. The third-order valence-electron chi connectivity index (χ3n) is 6.00. The number of fused-ring (bicyclic) bond motifs is 2. The number of anilines is 1. The van der Waals surface area contributed by atoms with Gasteiger partial charge in [-0.1, -0.05) is 18.2 Å². The Morgan fingerprint density at radius 3 is 2.80 bits per heavy atom. The molecule has 0 saturated heterocycles. The van der Waals surface area contributed by atoms with Gasteiger partial charge >= 0.3 is 0 Å². The first-order valence-electron chi connectivity index (χ1n) is 11.3. The van der Waals surface area contributed by atoms with E-state index in [1.54, 1.807) is 24.0 Å². The lowest BCUT2D eigenvalue weighted by molar-refractivity contribution is -0.121. The third-order valence-corrected chi connectivity index (χ3v) is 6.00. The Labute approximate surface area is 201 Å². The molecule has 5 rings (SSSR count). The molecule has 180 valence electrons. The van der Waals surface area contributed by atoms with E-state index in [0.29, 0.717) is 25.2 Å². The zero-order valence-corrected chi connectivity index (χ0v) is 19.6. The molecule has 0 bridgehead atoms. The van der Waals surface area contributed by atoms with Gasteiger partial charge in [0.25, 0.3) is 5.56 Å². The van der Waals surface area contributed by atoms with Gasteiger partial charge in [-0.2, -0.15) is 5.10 Å². The second-order valence-corrected chi connectivity index (χ2v) is 8.44. The van der Waals surface area contributed by atoms with E-state index in [1.807, 2.05) is 43.4 Å². The van der Waals surface area contributed by atoms with E-state index in [-0.39, 0.29) is 30.6 Å². The Morgan fingerprint density at radius 1 is 1.09 bits per heavy atom. The molecule has 10 heteroatoms. The molecule has 1 aliphatic heterocycles. The highest BCUT2D eigenvalue weighted by molar-refractivity contribution is 5.80. The lowest BCUT2D eigenvalue weighted by Gasteiger charge is -2.13. The quantitative estimate of drug-likeness (QED) is 0.402. The first-order chi connectivity index (χ1) is 17.0. The van der Waals surface area contributed by atoms with Crippen molar-refractivity contribution in [2.24, 2.45) is 7.05 Å². The molecule has 0 spiro atoms. The van der Waals surface area contributed by atoms with Crippen LogP contribution in [0.3, 0.4) is 0 Å². The predicted molar refractivity (Wildman–Crippen MR) is 131 cm³/mol. The zero-order chi connectivity index (χ0) is 24.4. The van der Waals surface area contributed by atoms with Crippen LogP contribution in [-0.2, 0) is 31.4 Å². The second-order valence-electron chi connectivity index (χ2n) is 8.44. The van der Waals surface area contributed by atoms with Gasteiger partial charge in [-0.3, -0.25) is 18.8 Å². The number of aromatic nitrogens is 4. The number of carbonyl (C=O) groups excluding carboxylic acids is 1. The first kappa shape index (κ1) is 22.5. The van der Waals surface area contributed by atoms with Crippen molar-refractivity contribution >= 4 is 22.6 Å². The number of hydrogen-bond donors (Lipinski definition) is 2. The van der Waals surface area contributed by atoms with E-state index in [0.717, 1.165) is 33.5 Å². The molecular formula is C25H26N6O4. The molecule has 0 aliphatic carbocycles. The summed E-state index contributed by atoms with van der Waals surface area (Å²) in [5.41, 5.74) is 3.29. The van der Waals surface area contributed by atoms with E-state index in [1.165, 1.54) is 4.57 Å². The summed E-state index contributed by atoms with van der Waals surface area (Å²) >= 11 is 0. The Balaban J connectivity index is 1.19. The average molecular weight is 475 g/mol. The maximum atomic E-state index is 13.0. The molecule has 10 nitrogen and oxygen atoms in total. The summed E-state index contributed by atoms with van der Waals surface area (Å²) in [5, 5.41) is 11.3. The summed E-state index contributed by atoms with van der Waals surface area (Å²) < 4.78 is 14.0. The van der Waals surface area contributed by atoms with Gasteiger partial charge in [0.05, 0.1) is 11.7 Å². The summed E-state index contributed by atoms with van der Waals surface area (Å²) in [4.78, 5) is 29.8. The number of rotatable bonds is 8. The maximum absolute atomic E-state index is 13.0. The maximum Gasteiger partial charge on any atom is 0.293 e. The van der Waals surface area contributed by atoms with Gasteiger partial charge in [-0.15, -0.1) is 0 Å². The van der Waals surface area contributed by atoms with Crippen LogP contribution in [0.25, 0.3) is 10.9 Å². The number of nitrogens with one attached hydrogen (secondary N) is 2. The number of ether oxygens (including phenoxy) is 2. The summed E-state index contributed by atoms with van der Waals surface area (Å²) in [6.45, 7) is 2.77. The number of amides is 1. The van der Waals surface area contributed by atoms with Crippen LogP contribution >= 0.6 is 0 Å². The molecule has 4 aromatic rings. The fourth-order valence-electron chi connectivity index (χ4n) is 4.01. The molecule has 35 heavy (non-hydrogen) atoms. The highest BCUT2D eigenvalue weighted by atomic mass is 16.7. The van der Waals surface area contributed by atoms with Gasteiger partial charge in [0, 0.05) is 37.4 Å². The summed E-state index contributed by atoms with van der Waals surface area (Å²) in [6.07, 6.45) is 4.07. The number of aryl methyl sites for hydroxylation is 2. The topological polar surface area (TPSA) is 112 Å². The second kappa shape index (κ2) is 9.49. The third kappa shape index (κ3) is 4.81. The minimum Gasteiger partial charge on any atom is -0.454 e. The highest BCUT2D eigenvalue weighted by Crippen LogP contribution is 2.32. The van der Waals surface area contributed by atoms with E-state index < -0.39 is 0 Å². The van der Waals surface area contributed by atoms with E-state index in [4.69, 9.17) is 9.47 Å². The van der Waals surface area contributed by atoms with Gasteiger partial charge in [0.15, 0.2) is 17.3 Å². The molecule has 1 aliphatic rings. The number of benzene rings is 2. The summed E-state index contributed by atoms with van der Waals surface area (Å²) in [7, 11) is 1.88. The van der Waals surface area contributed by atoms with E-state index >= 15 is 0 Å². The van der Waals surface area contributed by atoms with Crippen LogP contribution in [0.1, 0.15) is 16.8 Å². The molecule has 0 radical (unpaired) electrons. The minimum atomic E-state index is -0.331. The van der Waals surface area contributed by atoms with Gasteiger partial charge in [-0.25, -0.2) is 4.98 Å². The Morgan fingerprint density at radius 2 is 1.91 bits per heavy atom. The van der Waals surface area contributed by atoms with Crippen molar-refractivity contribution < 1.29 is 14.3 Å². The van der Waals surface area contributed by atoms with Crippen LogP contribution in [0, 0.1) is 6.92 Å². The number of carbonyl (C=O) groups is 1. The smallest absolute Gasteiger partial charge is 0.293 e. The highest BCUT2D eigenvalue weighted by Gasteiger charge is 2.14. The molecule has 0 atom stereocenters. The van der Waals surface area contributed by atoms with Crippen molar-refractivity contribution in [1.29, 1.82) is 0 Å². The van der Waals surface area contributed by atoms with Crippen molar-refractivity contribution in [3.63, 3.8) is 0 Å². The summed E-state index contributed by atoms with van der Waals surface area (Å²) in [5.74, 6) is 1.42. The molecule has 0 unspecified atom stereocenters. The largest absolute Gasteiger partial charge is 0.454 e. The normalized spacial score (nSPS) is 12.2. The Kier molecular flexibility index (Phi) is 6.09. The molecule has 2 N–H and O–H groups in total. The molecule has 0 fully saturated rings. The van der Waals surface area contributed by atoms with Crippen molar-refractivity contribution in [3.8, 4) is 11.5 Å². The number of nitrogens with zero attached hydrogens (tertiary/aromatic N) is 4. The SMILES string of the molecule is Cc1cnc(NCCc2ccc3c(c2)OCO3)c(=O)n1CC(=O)NCc1ccc2cnn(C)c2c1. The van der Waals surface area contributed by atoms with Crippen molar-refractivity contribution in [2.75, 3.05) is 18.7 Å². The van der Waals surface area contributed by atoms with Crippen LogP contribution in [0.4, 0.5) is 5.82 Å². The molecule has 2 aromatic heterocycles. The molecule has 2 aromatic carbocycles. The lowest BCUT2D eigenvalue weighted by Crippen LogP contribution is -2.34. The van der Waals surface area contributed by atoms with Crippen LogP contribution < -0.4 is 25.7 Å².